The molecule has 0 saturated carbocycles. The predicted molar refractivity (Wildman–Crippen MR) is 116 cm³/mol. The van der Waals surface area contributed by atoms with Crippen LogP contribution in [0.2, 0.25) is 10.4 Å². The molecule has 2 N–H and O–H groups in total. The summed E-state index contributed by atoms with van der Waals surface area (Å²) in [7, 11) is 0. The largest absolute Gasteiger partial charge is 0.412 e. The van der Waals surface area contributed by atoms with Crippen LogP contribution in [-0.2, 0) is 5.21 Å². The average molecular weight is 411 g/mol. The second-order valence-electron chi connectivity index (χ2n) is 7.30. The van der Waals surface area contributed by atoms with Crippen LogP contribution in [0.1, 0.15) is 96.5 Å². The Morgan fingerprint density at radius 1 is 0.600 bits per heavy atom. The third-order valence-electron chi connectivity index (χ3n) is 4.90. The number of unbranched alkanes of at least 4 members (excludes halogenated alkanes) is 10. The molecule has 0 aromatic heterocycles. The Balaban J connectivity index is 0.00000576. The molecule has 1 rings (SSSR count). The first-order valence-electron chi connectivity index (χ1n) is 10.6. The first kappa shape index (κ1) is 24.7. The summed E-state index contributed by atoms with van der Waals surface area (Å²) in [6, 6.07) is 11.2. The van der Waals surface area contributed by atoms with E-state index in [-0.39, 0.29) is 5.48 Å². The van der Waals surface area contributed by atoms with Crippen LogP contribution in [0.5, 0.6) is 0 Å². The maximum Gasteiger partial charge on any atom is -0.412 e. The van der Waals surface area contributed by atoms with E-state index >= 15 is 0 Å². The van der Waals surface area contributed by atoms with Crippen LogP contribution >= 0.6 is 0 Å². The predicted octanol–water partition coefficient (Wildman–Crippen LogP) is 7.16. The molecule has 1 unspecified atom stereocenters. The molecule has 1 nitrogen and oxygen atoms in total. The van der Waals surface area contributed by atoms with Gasteiger partial charge in [0.1, 0.15) is 0 Å². The Hall–Kier alpha value is -0.262. The minimum atomic E-state index is -0.629. The van der Waals surface area contributed by atoms with Crippen molar-refractivity contribution in [1.82, 2.24) is 0 Å². The van der Waals surface area contributed by atoms with Gasteiger partial charge in [-0.1, -0.05) is 0 Å². The molecule has 0 aliphatic rings. The van der Waals surface area contributed by atoms with Gasteiger partial charge >= 0.3 is 157 Å². The first-order valence-corrected chi connectivity index (χ1v) is 14.6. The van der Waals surface area contributed by atoms with Gasteiger partial charge in [0.05, 0.1) is 0 Å². The molecule has 0 spiro atoms. The van der Waals surface area contributed by atoms with E-state index in [9.17, 15) is 0 Å². The topological polar surface area (TPSA) is 31.5 Å². The van der Waals surface area contributed by atoms with E-state index in [0.29, 0.717) is 0 Å². The molecule has 0 saturated heterocycles. The van der Waals surface area contributed by atoms with Crippen LogP contribution in [0.3, 0.4) is 0 Å². The Kier molecular flexibility index (Phi) is 18.3. The van der Waals surface area contributed by atoms with E-state index in [2.05, 4.69) is 44.2 Å². The van der Waals surface area contributed by atoms with Crippen LogP contribution in [0.25, 0.3) is 0 Å². The van der Waals surface area contributed by atoms with Crippen LogP contribution < -0.4 is 0 Å². The second kappa shape index (κ2) is 18.5. The van der Waals surface area contributed by atoms with Crippen LogP contribution in [0, 0.1) is 0 Å². The number of hydrogen-bond acceptors (Lipinski definition) is 0. The molecular formula is C23H43AsO. The molecule has 0 fully saturated rings. The van der Waals surface area contributed by atoms with E-state index in [0.717, 1.165) is 0 Å². The molecule has 1 aromatic carbocycles. The standard InChI is InChI=1S/C23H41As.H2O/c1-3-5-7-8-9-10-11-12-13-17-21-24(20-6-4-2)22-23-18-15-14-16-19-23;/h14-16,18-19H,3-13,17,20-22H2,1-2H3;1H2. The van der Waals surface area contributed by atoms with E-state index in [4.69, 9.17) is 0 Å². The maximum absolute atomic E-state index is 2.34. The van der Waals surface area contributed by atoms with Gasteiger partial charge in [-0.3, -0.25) is 0 Å². The fourth-order valence-electron chi connectivity index (χ4n) is 3.32. The molecule has 0 aliphatic heterocycles. The molecule has 1 aromatic rings. The molecule has 146 valence electrons. The zero-order valence-corrected chi connectivity index (χ0v) is 18.8. The molecule has 1 atom stereocenters. The van der Waals surface area contributed by atoms with E-state index in [1.807, 2.05) is 0 Å². The Morgan fingerprint density at radius 3 is 1.64 bits per heavy atom. The minimum Gasteiger partial charge on any atom is -0.412 e. The van der Waals surface area contributed by atoms with Gasteiger partial charge in [-0.25, -0.2) is 0 Å². The number of hydrogen-bond donors (Lipinski definition) is 0. The van der Waals surface area contributed by atoms with Gasteiger partial charge in [0.2, 0.25) is 0 Å². The van der Waals surface area contributed by atoms with Crippen molar-refractivity contribution in [3.05, 3.63) is 35.9 Å². The van der Waals surface area contributed by atoms with Crippen molar-refractivity contribution >= 4 is 14.7 Å². The van der Waals surface area contributed by atoms with Gasteiger partial charge in [-0.15, -0.1) is 0 Å². The molecule has 2 heteroatoms. The van der Waals surface area contributed by atoms with Crippen molar-refractivity contribution in [3.63, 3.8) is 0 Å². The second-order valence-corrected chi connectivity index (χ2v) is 12.7. The van der Waals surface area contributed by atoms with Crippen molar-refractivity contribution in [3.8, 4) is 0 Å². The summed E-state index contributed by atoms with van der Waals surface area (Å²) in [6.07, 6.45) is 17.5. The van der Waals surface area contributed by atoms with Crippen LogP contribution in [0.4, 0.5) is 0 Å². The summed E-state index contributed by atoms with van der Waals surface area (Å²) >= 11 is -0.629. The monoisotopic (exact) mass is 410 g/mol. The SMILES string of the molecule is CCCCCCCCCCCC[As](CCCC)Cc1ccccc1.O. The van der Waals surface area contributed by atoms with Gasteiger partial charge in [0, 0.05) is 0 Å². The summed E-state index contributed by atoms with van der Waals surface area (Å²) in [5, 5.41) is 4.58. The number of benzene rings is 1. The summed E-state index contributed by atoms with van der Waals surface area (Å²) in [6.45, 7) is 4.64. The third kappa shape index (κ3) is 14.6. The number of rotatable bonds is 16. The molecule has 0 radical (unpaired) electrons. The van der Waals surface area contributed by atoms with Crippen molar-refractivity contribution in [2.24, 2.45) is 0 Å². The first-order chi connectivity index (χ1) is 11.9. The smallest absolute Gasteiger partial charge is 0.412 e. The molecule has 0 heterocycles. The molecule has 25 heavy (non-hydrogen) atoms. The third-order valence-corrected chi connectivity index (χ3v) is 10.6. The Bertz CT molecular complexity index is 366. The van der Waals surface area contributed by atoms with Crippen molar-refractivity contribution in [1.29, 1.82) is 0 Å². The summed E-state index contributed by atoms with van der Waals surface area (Å²) < 4.78 is 0. The Labute approximate surface area is 162 Å². The van der Waals surface area contributed by atoms with Crippen molar-refractivity contribution in [2.45, 2.75) is 107 Å². The fourth-order valence-corrected chi connectivity index (χ4v) is 8.98. The Morgan fingerprint density at radius 2 is 1.08 bits per heavy atom. The van der Waals surface area contributed by atoms with Gasteiger partial charge < -0.3 is 5.48 Å². The molecule has 0 bridgehead atoms. The van der Waals surface area contributed by atoms with E-state index < -0.39 is 14.7 Å². The molecule has 0 amide bonds. The minimum absolute atomic E-state index is 0. The summed E-state index contributed by atoms with van der Waals surface area (Å²) in [5.41, 5.74) is 1.60. The summed E-state index contributed by atoms with van der Waals surface area (Å²) in [4.78, 5) is 0. The quantitative estimate of drug-likeness (QED) is 0.205. The van der Waals surface area contributed by atoms with Crippen molar-refractivity contribution in [2.75, 3.05) is 0 Å². The average Bonchev–Trinajstić information content (AvgIpc) is 2.62. The van der Waals surface area contributed by atoms with Crippen LogP contribution in [0.15, 0.2) is 30.3 Å². The molecular weight excluding hydrogens is 367 g/mol. The molecule has 0 aliphatic carbocycles. The fraction of sp³-hybridized carbons (Fsp3) is 0.739. The van der Waals surface area contributed by atoms with Gasteiger partial charge in [-0.05, 0) is 0 Å². The van der Waals surface area contributed by atoms with Gasteiger partial charge in [0.15, 0.2) is 0 Å². The zero-order valence-electron chi connectivity index (χ0n) is 16.9. The van der Waals surface area contributed by atoms with Crippen LogP contribution in [-0.4, -0.2) is 20.1 Å². The van der Waals surface area contributed by atoms with E-state index in [1.165, 1.54) is 82.3 Å². The van der Waals surface area contributed by atoms with E-state index in [1.54, 1.807) is 16.0 Å². The van der Waals surface area contributed by atoms with Gasteiger partial charge in [-0.2, -0.15) is 0 Å². The van der Waals surface area contributed by atoms with Crippen molar-refractivity contribution < 1.29 is 5.48 Å². The maximum atomic E-state index is 2.34. The zero-order chi connectivity index (χ0) is 17.3. The normalized spacial score (nSPS) is 11.9. The summed E-state index contributed by atoms with van der Waals surface area (Å²) in [5.74, 6) is 0. The van der Waals surface area contributed by atoms with Gasteiger partial charge in [0.25, 0.3) is 0 Å².